The Morgan fingerprint density at radius 3 is 2.47 bits per heavy atom. The maximum absolute atomic E-state index is 12.4. The largest absolute Gasteiger partial charge is 0.399 e. The summed E-state index contributed by atoms with van der Waals surface area (Å²) in [6.07, 6.45) is 1.61. The van der Waals surface area contributed by atoms with Crippen molar-refractivity contribution >= 4 is 36.4 Å². The van der Waals surface area contributed by atoms with Gasteiger partial charge in [-0.3, -0.25) is 4.79 Å². The van der Waals surface area contributed by atoms with E-state index in [1.165, 1.54) is 0 Å². The number of aromatic nitrogens is 3. The molecule has 36 heavy (non-hydrogen) atoms. The van der Waals surface area contributed by atoms with Gasteiger partial charge in [-0.2, -0.15) is 9.61 Å². The third kappa shape index (κ3) is 4.93. The zero-order valence-corrected chi connectivity index (χ0v) is 19.9. The van der Waals surface area contributed by atoms with Crippen LogP contribution in [0, 0.1) is 6.92 Å². The highest BCUT2D eigenvalue weighted by Gasteiger charge is 2.12. The lowest BCUT2D eigenvalue weighted by Crippen LogP contribution is -2.22. The van der Waals surface area contributed by atoms with Gasteiger partial charge in [-0.15, -0.1) is 0 Å². The Bertz CT molecular complexity index is 1540. The number of carbonyl (C=O) groups is 1. The number of anilines is 2. The lowest BCUT2D eigenvalue weighted by Gasteiger charge is -2.13. The van der Waals surface area contributed by atoms with E-state index in [4.69, 9.17) is 18.6 Å². The predicted octanol–water partition coefficient (Wildman–Crippen LogP) is 3.62. The number of carbonyl (C=O) groups excluding carboxylic acids is 1. The van der Waals surface area contributed by atoms with E-state index < -0.39 is 0 Å². The molecule has 176 valence electrons. The lowest BCUT2D eigenvalue weighted by molar-refractivity contribution is 0.0951. The summed E-state index contributed by atoms with van der Waals surface area (Å²) in [6.45, 7) is 3.08. The van der Waals surface area contributed by atoms with E-state index in [1.54, 1.807) is 35.0 Å². The first-order chi connectivity index (χ1) is 17.5. The number of nitrogens with zero attached hydrogens (tertiary/aromatic N) is 3. The summed E-state index contributed by atoms with van der Waals surface area (Å²) in [5, 5.41) is 10.8. The number of nitrogens with two attached hydrogens (primary N) is 1. The van der Waals surface area contributed by atoms with Gasteiger partial charge in [0.1, 0.15) is 13.7 Å². The van der Waals surface area contributed by atoms with Crippen LogP contribution in [0.3, 0.4) is 0 Å². The molecule has 0 saturated carbocycles. The standard InChI is InChI=1S/C28H25BN6O/c1-18-5-2-3-8-23(18)25-14-26(35-27(34-25)24(29)17-33-35)31-15-19-9-11-20(12-10-19)16-32-28(36)21-6-4-7-22(30)13-21/h2-14,17,31H,15-16,30H2,1H3,(H,32,36). The average Bonchev–Trinajstić information content (AvgIpc) is 3.27. The van der Waals surface area contributed by atoms with E-state index in [-0.39, 0.29) is 5.91 Å². The van der Waals surface area contributed by atoms with Crippen LogP contribution in [0.2, 0.25) is 0 Å². The van der Waals surface area contributed by atoms with Gasteiger partial charge in [0, 0.05) is 42.2 Å². The number of benzene rings is 3. The number of amides is 1. The summed E-state index contributed by atoms with van der Waals surface area (Å²) in [5.41, 5.74) is 13.1. The van der Waals surface area contributed by atoms with Crippen molar-refractivity contribution in [2.45, 2.75) is 20.0 Å². The predicted molar refractivity (Wildman–Crippen MR) is 144 cm³/mol. The molecule has 2 radical (unpaired) electrons. The molecule has 5 rings (SSSR count). The molecule has 0 bridgehead atoms. The highest BCUT2D eigenvalue weighted by atomic mass is 16.1. The molecule has 0 fully saturated rings. The molecule has 0 aliphatic rings. The molecular weight excluding hydrogens is 447 g/mol. The molecule has 4 N–H and O–H groups in total. The topological polar surface area (TPSA) is 97.3 Å². The number of fused-ring (bicyclic) bond motifs is 1. The Morgan fingerprint density at radius 1 is 0.972 bits per heavy atom. The van der Waals surface area contributed by atoms with Crippen LogP contribution in [-0.2, 0) is 13.1 Å². The minimum atomic E-state index is -0.155. The van der Waals surface area contributed by atoms with Gasteiger partial charge in [-0.1, -0.05) is 54.6 Å². The van der Waals surface area contributed by atoms with E-state index in [1.807, 2.05) is 42.5 Å². The van der Waals surface area contributed by atoms with E-state index in [2.05, 4.69) is 34.8 Å². The fraction of sp³-hybridized carbons (Fsp3) is 0.107. The molecule has 0 atom stereocenters. The summed E-state index contributed by atoms with van der Waals surface area (Å²) < 4.78 is 1.72. The number of nitrogens with one attached hydrogen (secondary N) is 2. The summed E-state index contributed by atoms with van der Waals surface area (Å²) >= 11 is 0. The molecule has 2 aromatic heterocycles. The zero-order chi connectivity index (χ0) is 25.1. The molecule has 2 heterocycles. The summed E-state index contributed by atoms with van der Waals surface area (Å²) in [4.78, 5) is 17.1. The molecule has 3 aromatic carbocycles. The number of nitrogen functional groups attached to an aromatic ring is 1. The van der Waals surface area contributed by atoms with Crippen LogP contribution in [0.5, 0.6) is 0 Å². The molecular formula is C28H25BN6O. The van der Waals surface area contributed by atoms with Crippen LogP contribution in [0.25, 0.3) is 16.9 Å². The van der Waals surface area contributed by atoms with Crippen LogP contribution in [-0.4, -0.2) is 28.4 Å². The van der Waals surface area contributed by atoms with Crippen LogP contribution >= 0.6 is 0 Å². The van der Waals surface area contributed by atoms with Gasteiger partial charge in [-0.25, -0.2) is 4.98 Å². The van der Waals surface area contributed by atoms with Crippen molar-refractivity contribution < 1.29 is 4.79 Å². The second kappa shape index (κ2) is 9.96. The van der Waals surface area contributed by atoms with Crippen molar-refractivity contribution in [2.24, 2.45) is 0 Å². The van der Waals surface area contributed by atoms with Gasteiger partial charge in [0.25, 0.3) is 5.91 Å². The molecule has 5 aromatic rings. The highest BCUT2D eigenvalue weighted by molar-refractivity contribution is 6.36. The van der Waals surface area contributed by atoms with Crippen molar-refractivity contribution in [3.05, 3.63) is 107 Å². The van der Waals surface area contributed by atoms with Gasteiger partial charge >= 0.3 is 0 Å². The smallest absolute Gasteiger partial charge is 0.251 e. The van der Waals surface area contributed by atoms with E-state index >= 15 is 0 Å². The molecule has 8 heteroatoms. The van der Waals surface area contributed by atoms with Gasteiger partial charge in [0.15, 0.2) is 5.65 Å². The Labute approximate surface area is 210 Å². The molecule has 0 spiro atoms. The van der Waals surface area contributed by atoms with Crippen molar-refractivity contribution in [3.8, 4) is 11.3 Å². The first-order valence-electron chi connectivity index (χ1n) is 11.6. The van der Waals surface area contributed by atoms with Crippen LogP contribution < -0.4 is 21.8 Å². The highest BCUT2D eigenvalue weighted by Crippen LogP contribution is 2.25. The average molecular weight is 472 g/mol. The monoisotopic (exact) mass is 472 g/mol. The van der Waals surface area contributed by atoms with Crippen molar-refractivity contribution in [2.75, 3.05) is 11.1 Å². The summed E-state index contributed by atoms with van der Waals surface area (Å²) in [6, 6.07) is 25.1. The second-order valence-corrected chi connectivity index (χ2v) is 8.66. The van der Waals surface area contributed by atoms with Gasteiger partial charge in [-0.05, 0) is 47.3 Å². The molecule has 0 saturated heterocycles. The Kier molecular flexibility index (Phi) is 6.41. The number of hydrogen-bond acceptors (Lipinski definition) is 5. The van der Waals surface area contributed by atoms with Crippen molar-refractivity contribution in [1.82, 2.24) is 19.9 Å². The molecule has 0 aliphatic heterocycles. The van der Waals surface area contributed by atoms with Gasteiger partial charge in [0.05, 0.1) is 5.69 Å². The molecule has 0 unspecified atom stereocenters. The van der Waals surface area contributed by atoms with Crippen LogP contribution in [0.15, 0.2) is 85.1 Å². The third-order valence-electron chi connectivity index (χ3n) is 6.02. The zero-order valence-electron chi connectivity index (χ0n) is 19.9. The fourth-order valence-electron chi connectivity index (χ4n) is 4.04. The van der Waals surface area contributed by atoms with Crippen LogP contribution in [0.4, 0.5) is 11.5 Å². The molecule has 7 nitrogen and oxygen atoms in total. The maximum atomic E-state index is 12.4. The quantitative estimate of drug-likeness (QED) is 0.248. The first kappa shape index (κ1) is 23.2. The minimum Gasteiger partial charge on any atom is -0.399 e. The summed E-state index contributed by atoms with van der Waals surface area (Å²) in [7, 11) is 6.14. The van der Waals surface area contributed by atoms with Crippen molar-refractivity contribution in [3.63, 3.8) is 0 Å². The van der Waals surface area contributed by atoms with E-state index in [0.29, 0.717) is 35.5 Å². The molecule has 1 amide bonds. The maximum Gasteiger partial charge on any atom is 0.251 e. The Morgan fingerprint density at radius 2 is 1.72 bits per heavy atom. The van der Waals surface area contributed by atoms with Crippen molar-refractivity contribution in [1.29, 1.82) is 0 Å². The Hall–Kier alpha value is -4.59. The normalized spacial score (nSPS) is 10.9. The second-order valence-electron chi connectivity index (χ2n) is 8.66. The fourth-order valence-corrected chi connectivity index (χ4v) is 4.04. The van der Waals surface area contributed by atoms with Gasteiger partial charge in [0.2, 0.25) is 0 Å². The Balaban J connectivity index is 1.28. The lowest BCUT2D eigenvalue weighted by atomic mass is 10.00. The first-order valence-corrected chi connectivity index (χ1v) is 11.6. The van der Waals surface area contributed by atoms with E-state index in [0.717, 1.165) is 33.8 Å². The third-order valence-corrected chi connectivity index (χ3v) is 6.02. The molecule has 0 aliphatic carbocycles. The summed E-state index contributed by atoms with van der Waals surface area (Å²) in [5.74, 6) is 0.645. The van der Waals surface area contributed by atoms with E-state index in [9.17, 15) is 4.79 Å². The van der Waals surface area contributed by atoms with Gasteiger partial charge < -0.3 is 16.4 Å². The SMILES string of the molecule is [B]c1cnn2c(NCc3ccc(CNC(=O)c4cccc(N)c4)cc3)cc(-c3ccccc3C)nc12. The van der Waals surface area contributed by atoms with Crippen LogP contribution in [0.1, 0.15) is 27.0 Å². The number of rotatable bonds is 7. The number of aryl methyl sites for hydroxylation is 1. The number of hydrogen-bond donors (Lipinski definition) is 3. The minimum absolute atomic E-state index is 0.155.